The first-order valence-corrected chi connectivity index (χ1v) is 5.31. The Hall–Kier alpha value is -0.980. The van der Waals surface area contributed by atoms with Crippen LogP contribution in [0.3, 0.4) is 0 Å². The zero-order chi connectivity index (χ0) is 12.0. The third-order valence-electron chi connectivity index (χ3n) is 1.30. The van der Waals surface area contributed by atoms with Crippen molar-refractivity contribution in [2.24, 2.45) is 0 Å². The second-order valence-electron chi connectivity index (χ2n) is 1.91. The molecule has 0 fully saturated rings. The molecule has 0 radical (unpaired) electrons. The van der Waals surface area contributed by atoms with Gasteiger partial charge in [-0.05, 0) is 12.0 Å². The van der Waals surface area contributed by atoms with Gasteiger partial charge in [0.2, 0.25) is 0 Å². The van der Waals surface area contributed by atoms with E-state index in [9.17, 15) is 0 Å². The lowest BCUT2D eigenvalue weighted by atomic mass is 10.1. The molecule has 0 N–H and O–H groups in total. The van der Waals surface area contributed by atoms with Crippen LogP contribution in [0.15, 0.2) is 36.6 Å². The fraction of sp³-hybridized carbons (Fsp3) is 0.538. The number of rotatable bonds is 4. The molecule has 0 unspecified atom stereocenters. The maximum atomic E-state index is 4.95. The Morgan fingerprint density at radius 1 is 1.21 bits per heavy atom. The highest BCUT2D eigenvalue weighted by molar-refractivity contribution is 5.26. The number of ether oxygens (including phenoxy) is 1. The van der Waals surface area contributed by atoms with E-state index in [1.807, 2.05) is 33.8 Å². The Morgan fingerprint density at radius 3 is 1.86 bits per heavy atom. The summed E-state index contributed by atoms with van der Waals surface area (Å²) in [6.07, 6.45) is 4.58. The molecule has 0 rings (SSSR count). The number of allylic oxidation sites excluding steroid dienone is 3. The molecule has 0 aromatic rings. The van der Waals surface area contributed by atoms with Crippen molar-refractivity contribution in [2.75, 3.05) is 7.11 Å². The second kappa shape index (κ2) is 17.9. The summed E-state index contributed by atoms with van der Waals surface area (Å²) in [5.74, 6) is 0.724. The third-order valence-corrected chi connectivity index (χ3v) is 1.30. The summed E-state index contributed by atoms with van der Waals surface area (Å²) < 4.78 is 4.95. The Labute approximate surface area is 90.2 Å². The molecular weight excluding hydrogens is 172 g/mol. The molecule has 0 bridgehead atoms. The molecule has 0 saturated heterocycles. The van der Waals surface area contributed by atoms with Crippen LogP contribution in [0.4, 0.5) is 0 Å². The SMILES string of the molecule is C=C/C=C(/CC)C(=C)OC.CC.CC. The van der Waals surface area contributed by atoms with Crippen molar-refractivity contribution >= 4 is 0 Å². The Balaban J connectivity index is -0.000000266. The number of hydrogen-bond acceptors (Lipinski definition) is 1. The quantitative estimate of drug-likeness (QED) is 0.469. The third kappa shape index (κ3) is 11.0. The van der Waals surface area contributed by atoms with E-state index in [4.69, 9.17) is 4.74 Å². The van der Waals surface area contributed by atoms with Crippen molar-refractivity contribution in [3.63, 3.8) is 0 Å². The van der Waals surface area contributed by atoms with Gasteiger partial charge in [-0.25, -0.2) is 0 Å². The molecule has 0 saturated carbocycles. The van der Waals surface area contributed by atoms with Crippen LogP contribution >= 0.6 is 0 Å². The summed E-state index contributed by atoms with van der Waals surface area (Å²) in [7, 11) is 1.62. The van der Waals surface area contributed by atoms with Crippen LogP contribution in [-0.4, -0.2) is 7.11 Å². The maximum absolute atomic E-state index is 4.95. The van der Waals surface area contributed by atoms with Gasteiger partial charge in [0.15, 0.2) is 0 Å². The topological polar surface area (TPSA) is 9.23 Å². The van der Waals surface area contributed by atoms with Crippen LogP contribution in [0.25, 0.3) is 0 Å². The van der Waals surface area contributed by atoms with Crippen molar-refractivity contribution in [1.82, 2.24) is 0 Å². The summed E-state index contributed by atoms with van der Waals surface area (Å²) in [5, 5.41) is 0. The lowest BCUT2D eigenvalue weighted by Crippen LogP contribution is -1.88. The molecule has 0 aromatic heterocycles. The first-order valence-electron chi connectivity index (χ1n) is 5.31. The van der Waals surface area contributed by atoms with Gasteiger partial charge in [-0.1, -0.05) is 59.9 Å². The molecule has 0 spiro atoms. The van der Waals surface area contributed by atoms with E-state index in [2.05, 4.69) is 20.1 Å². The van der Waals surface area contributed by atoms with Gasteiger partial charge in [-0.2, -0.15) is 0 Å². The van der Waals surface area contributed by atoms with E-state index in [0.29, 0.717) is 0 Å². The van der Waals surface area contributed by atoms with Gasteiger partial charge in [-0.15, -0.1) is 0 Å². The van der Waals surface area contributed by atoms with E-state index in [1.165, 1.54) is 0 Å². The summed E-state index contributed by atoms with van der Waals surface area (Å²) >= 11 is 0. The van der Waals surface area contributed by atoms with Crippen LogP contribution < -0.4 is 0 Å². The van der Waals surface area contributed by atoms with E-state index < -0.39 is 0 Å². The van der Waals surface area contributed by atoms with Crippen molar-refractivity contribution in [1.29, 1.82) is 0 Å². The maximum Gasteiger partial charge on any atom is 0.114 e. The van der Waals surface area contributed by atoms with Gasteiger partial charge in [0.25, 0.3) is 0 Å². The Kier molecular flexibility index (Phi) is 24.0. The highest BCUT2D eigenvalue weighted by Crippen LogP contribution is 2.11. The number of hydrogen-bond donors (Lipinski definition) is 0. The van der Waals surface area contributed by atoms with Crippen LogP contribution in [0.1, 0.15) is 41.0 Å². The minimum Gasteiger partial charge on any atom is -0.497 e. The molecule has 14 heavy (non-hydrogen) atoms. The standard InChI is InChI=1S/C9H14O.2C2H6/c1-5-7-9(6-2)8(3)10-4;2*1-2/h5,7H,1,3,6H2,2,4H3;2*1-2H3/b9-7-;;. The molecule has 0 atom stereocenters. The fourth-order valence-electron chi connectivity index (χ4n) is 0.681. The molecule has 1 heteroatoms. The zero-order valence-corrected chi connectivity index (χ0v) is 10.7. The molecule has 0 aliphatic carbocycles. The van der Waals surface area contributed by atoms with Crippen LogP contribution in [0, 0.1) is 0 Å². The fourth-order valence-corrected chi connectivity index (χ4v) is 0.681. The highest BCUT2D eigenvalue weighted by Gasteiger charge is 1.96. The Bertz CT molecular complexity index is 155. The highest BCUT2D eigenvalue weighted by atomic mass is 16.5. The van der Waals surface area contributed by atoms with Gasteiger partial charge < -0.3 is 4.74 Å². The van der Waals surface area contributed by atoms with E-state index >= 15 is 0 Å². The predicted molar refractivity (Wildman–Crippen MR) is 67.4 cm³/mol. The van der Waals surface area contributed by atoms with Crippen molar-refractivity contribution in [3.05, 3.63) is 36.6 Å². The average Bonchev–Trinajstić information content (AvgIpc) is 2.30. The Morgan fingerprint density at radius 2 is 1.64 bits per heavy atom. The largest absolute Gasteiger partial charge is 0.497 e. The van der Waals surface area contributed by atoms with Gasteiger partial charge >= 0.3 is 0 Å². The van der Waals surface area contributed by atoms with Crippen LogP contribution in [0.2, 0.25) is 0 Å². The average molecular weight is 198 g/mol. The van der Waals surface area contributed by atoms with E-state index in [-0.39, 0.29) is 0 Å². The molecule has 0 heterocycles. The van der Waals surface area contributed by atoms with Gasteiger partial charge in [0.1, 0.15) is 5.76 Å². The molecule has 0 aromatic carbocycles. The lowest BCUT2D eigenvalue weighted by molar-refractivity contribution is 0.301. The summed E-state index contributed by atoms with van der Waals surface area (Å²) in [4.78, 5) is 0. The van der Waals surface area contributed by atoms with Crippen molar-refractivity contribution in [2.45, 2.75) is 41.0 Å². The molecule has 84 valence electrons. The zero-order valence-electron chi connectivity index (χ0n) is 10.7. The second-order valence-corrected chi connectivity index (χ2v) is 1.91. The first kappa shape index (κ1) is 18.7. The molecule has 0 amide bonds. The smallest absolute Gasteiger partial charge is 0.114 e. The van der Waals surface area contributed by atoms with Gasteiger partial charge in [-0.3, -0.25) is 0 Å². The van der Waals surface area contributed by atoms with Crippen LogP contribution in [-0.2, 0) is 4.74 Å². The summed E-state index contributed by atoms with van der Waals surface area (Å²) in [6.45, 7) is 17.4. The molecule has 1 nitrogen and oxygen atoms in total. The monoisotopic (exact) mass is 198 g/mol. The van der Waals surface area contributed by atoms with Crippen molar-refractivity contribution < 1.29 is 4.74 Å². The van der Waals surface area contributed by atoms with Crippen LogP contribution in [0.5, 0.6) is 0 Å². The van der Waals surface area contributed by atoms with Gasteiger partial charge in [0.05, 0.1) is 7.11 Å². The minimum absolute atomic E-state index is 0.724. The number of methoxy groups -OCH3 is 1. The summed E-state index contributed by atoms with van der Waals surface area (Å²) in [5.41, 5.74) is 1.09. The normalized spacial score (nSPS) is 8.57. The van der Waals surface area contributed by atoms with Gasteiger partial charge in [0, 0.05) is 0 Å². The van der Waals surface area contributed by atoms with E-state index in [1.54, 1.807) is 13.2 Å². The molecular formula is C13H26O. The molecule has 0 aliphatic heterocycles. The lowest BCUT2D eigenvalue weighted by Gasteiger charge is -2.04. The molecule has 0 aliphatic rings. The van der Waals surface area contributed by atoms with E-state index in [0.717, 1.165) is 17.8 Å². The minimum atomic E-state index is 0.724. The van der Waals surface area contributed by atoms with Crippen molar-refractivity contribution in [3.8, 4) is 0 Å². The predicted octanol–water partition coefficient (Wildman–Crippen LogP) is 4.72. The first-order chi connectivity index (χ1) is 6.76. The summed E-state index contributed by atoms with van der Waals surface area (Å²) in [6, 6.07) is 0.